The van der Waals surface area contributed by atoms with Crippen LogP contribution in [0, 0.1) is 11.6 Å². The van der Waals surface area contributed by atoms with Crippen LogP contribution in [0.4, 0.5) is 14.5 Å². The highest BCUT2D eigenvalue weighted by atomic mass is 32.2. The Labute approximate surface area is 167 Å². The number of pyridine rings is 1. The summed E-state index contributed by atoms with van der Waals surface area (Å²) in [7, 11) is -4.03. The molecule has 0 fully saturated rings. The molecule has 0 saturated carbocycles. The summed E-state index contributed by atoms with van der Waals surface area (Å²) < 4.78 is 55.4. The summed E-state index contributed by atoms with van der Waals surface area (Å²) in [5.74, 6) is -1.01. The van der Waals surface area contributed by atoms with E-state index < -0.39 is 21.7 Å². The second-order valence-electron chi connectivity index (χ2n) is 6.44. The van der Waals surface area contributed by atoms with Crippen LogP contribution in [0.15, 0.2) is 90.0 Å². The maximum atomic E-state index is 14.2. The first-order valence-electron chi connectivity index (χ1n) is 8.82. The molecule has 4 aromatic rings. The lowest BCUT2D eigenvalue weighted by atomic mass is 10.1. The molecular weight excluding hydrogens is 394 g/mol. The van der Waals surface area contributed by atoms with Crippen molar-refractivity contribution in [1.29, 1.82) is 0 Å². The first kappa shape index (κ1) is 19.0. The largest absolute Gasteiger partial charge is 0.264 e. The Bertz CT molecular complexity index is 1260. The molecule has 3 aromatic carbocycles. The number of para-hydroxylation sites is 1. The van der Waals surface area contributed by atoms with Crippen LogP contribution < -0.4 is 4.31 Å². The van der Waals surface area contributed by atoms with Gasteiger partial charge in [-0.25, -0.2) is 17.2 Å². The highest BCUT2D eigenvalue weighted by Gasteiger charge is 2.26. The van der Waals surface area contributed by atoms with Crippen molar-refractivity contribution >= 4 is 26.6 Å². The molecule has 29 heavy (non-hydrogen) atoms. The Kier molecular flexibility index (Phi) is 4.98. The van der Waals surface area contributed by atoms with Crippen LogP contribution in [0.5, 0.6) is 0 Å². The molecule has 0 aliphatic carbocycles. The average Bonchev–Trinajstić information content (AvgIpc) is 2.72. The number of halogens is 2. The van der Waals surface area contributed by atoms with E-state index in [1.807, 2.05) is 0 Å². The molecule has 146 valence electrons. The summed E-state index contributed by atoms with van der Waals surface area (Å²) in [6.45, 7) is -0.130. The van der Waals surface area contributed by atoms with Crippen LogP contribution in [0.1, 0.15) is 5.56 Å². The highest BCUT2D eigenvalue weighted by molar-refractivity contribution is 7.92. The van der Waals surface area contributed by atoms with Crippen molar-refractivity contribution in [2.75, 3.05) is 4.31 Å². The molecule has 0 N–H and O–H groups in total. The van der Waals surface area contributed by atoms with E-state index in [1.165, 1.54) is 28.6 Å². The van der Waals surface area contributed by atoms with Crippen molar-refractivity contribution in [3.8, 4) is 0 Å². The Hall–Kier alpha value is -3.32. The fourth-order valence-electron chi connectivity index (χ4n) is 3.15. The molecule has 0 unspecified atom stereocenters. The van der Waals surface area contributed by atoms with E-state index in [0.29, 0.717) is 22.2 Å². The third kappa shape index (κ3) is 3.82. The molecule has 7 heteroatoms. The number of anilines is 1. The molecule has 0 amide bonds. The minimum Gasteiger partial charge on any atom is -0.262 e. The Balaban J connectivity index is 1.86. The topological polar surface area (TPSA) is 50.3 Å². The van der Waals surface area contributed by atoms with Gasteiger partial charge >= 0.3 is 0 Å². The van der Waals surface area contributed by atoms with Crippen LogP contribution in [-0.2, 0) is 16.6 Å². The third-order valence-electron chi connectivity index (χ3n) is 4.51. The lowest BCUT2D eigenvalue weighted by Gasteiger charge is -2.25. The number of nitrogens with zero attached hydrogens (tertiary/aromatic N) is 2. The van der Waals surface area contributed by atoms with E-state index in [4.69, 9.17) is 0 Å². The Morgan fingerprint density at radius 2 is 1.55 bits per heavy atom. The van der Waals surface area contributed by atoms with Crippen molar-refractivity contribution in [2.24, 2.45) is 0 Å². The summed E-state index contributed by atoms with van der Waals surface area (Å²) in [6.07, 6.45) is 1.57. The molecular formula is C22H16F2N2O2S. The molecule has 0 bridgehead atoms. The number of hydrogen-bond acceptors (Lipinski definition) is 3. The predicted octanol–water partition coefficient (Wildman–Crippen LogP) is 4.91. The Morgan fingerprint density at radius 1 is 0.828 bits per heavy atom. The molecule has 0 radical (unpaired) electrons. The summed E-state index contributed by atoms with van der Waals surface area (Å²) in [5, 5.41) is 0.578. The zero-order chi connectivity index (χ0) is 20.4. The van der Waals surface area contributed by atoms with Crippen molar-refractivity contribution in [3.63, 3.8) is 0 Å². The molecule has 1 aromatic heterocycles. The van der Waals surface area contributed by atoms with Crippen LogP contribution >= 0.6 is 0 Å². The monoisotopic (exact) mass is 410 g/mol. The van der Waals surface area contributed by atoms with Crippen molar-refractivity contribution in [1.82, 2.24) is 4.98 Å². The van der Waals surface area contributed by atoms with E-state index in [1.54, 1.807) is 48.7 Å². The number of sulfonamides is 1. The number of benzene rings is 3. The number of hydrogen-bond donors (Lipinski definition) is 0. The standard InChI is InChI=1S/C22H16F2N2O2S/c23-18-8-10-21(11-9-18)29(27,28)26(20-6-2-1-3-7-20)15-17-14-19(24)13-16-5-4-12-25-22(16)17/h1-14H,15H2. The normalized spacial score (nSPS) is 11.5. The van der Waals surface area contributed by atoms with Gasteiger partial charge in [-0.2, -0.15) is 0 Å². The highest BCUT2D eigenvalue weighted by Crippen LogP contribution is 2.28. The van der Waals surface area contributed by atoms with Gasteiger partial charge in [-0.1, -0.05) is 24.3 Å². The molecule has 0 aliphatic heterocycles. The molecule has 0 saturated heterocycles. The van der Waals surface area contributed by atoms with Gasteiger partial charge in [-0.15, -0.1) is 0 Å². The average molecular weight is 410 g/mol. The summed E-state index contributed by atoms with van der Waals surface area (Å²) in [5.41, 5.74) is 1.35. The van der Waals surface area contributed by atoms with Crippen molar-refractivity contribution in [2.45, 2.75) is 11.4 Å². The number of aromatic nitrogens is 1. The van der Waals surface area contributed by atoms with E-state index in [0.717, 1.165) is 12.1 Å². The van der Waals surface area contributed by atoms with Gasteiger partial charge in [0.15, 0.2) is 0 Å². The first-order valence-corrected chi connectivity index (χ1v) is 10.3. The van der Waals surface area contributed by atoms with Crippen LogP contribution in [0.3, 0.4) is 0 Å². The zero-order valence-electron chi connectivity index (χ0n) is 15.2. The maximum Gasteiger partial charge on any atom is 0.264 e. The van der Waals surface area contributed by atoms with Crippen LogP contribution in [-0.4, -0.2) is 13.4 Å². The lowest BCUT2D eigenvalue weighted by Crippen LogP contribution is -2.30. The number of fused-ring (bicyclic) bond motifs is 1. The first-order chi connectivity index (χ1) is 13.9. The van der Waals surface area contributed by atoms with Crippen molar-refractivity contribution < 1.29 is 17.2 Å². The fourth-order valence-corrected chi connectivity index (χ4v) is 4.59. The molecule has 0 spiro atoms. The van der Waals surface area contributed by atoms with Gasteiger partial charge in [0.2, 0.25) is 0 Å². The summed E-state index contributed by atoms with van der Waals surface area (Å²) in [6, 6.07) is 19.1. The SMILES string of the molecule is O=S(=O)(c1ccc(F)cc1)N(Cc1cc(F)cc2cccnc12)c1ccccc1. The van der Waals surface area contributed by atoms with Gasteiger partial charge in [0.1, 0.15) is 11.6 Å². The second kappa shape index (κ2) is 7.60. The van der Waals surface area contributed by atoms with E-state index in [2.05, 4.69) is 4.98 Å². The van der Waals surface area contributed by atoms with Gasteiger partial charge in [-0.3, -0.25) is 9.29 Å². The quantitative estimate of drug-likeness (QED) is 0.470. The van der Waals surface area contributed by atoms with E-state index in [-0.39, 0.29) is 11.4 Å². The van der Waals surface area contributed by atoms with Gasteiger partial charge in [0.05, 0.1) is 22.6 Å². The maximum absolute atomic E-state index is 14.2. The predicted molar refractivity (Wildman–Crippen MR) is 108 cm³/mol. The molecule has 1 heterocycles. The smallest absolute Gasteiger partial charge is 0.262 e. The third-order valence-corrected chi connectivity index (χ3v) is 6.30. The minimum absolute atomic E-state index is 0.0589. The van der Waals surface area contributed by atoms with Crippen molar-refractivity contribution in [3.05, 3.63) is 102 Å². The van der Waals surface area contributed by atoms with E-state index >= 15 is 0 Å². The second-order valence-corrected chi connectivity index (χ2v) is 8.30. The minimum atomic E-state index is -4.03. The molecule has 0 atom stereocenters. The van der Waals surface area contributed by atoms with Gasteiger partial charge < -0.3 is 0 Å². The van der Waals surface area contributed by atoms with Crippen LogP contribution in [0.2, 0.25) is 0 Å². The fraction of sp³-hybridized carbons (Fsp3) is 0.0455. The zero-order valence-corrected chi connectivity index (χ0v) is 16.0. The molecule has 4 rings (SSSR count). The van der Waals surface area contributed by atoms with Crippen LogP contribution in [0.25, 0.3) is 10.9 Å². The molecule has 4 nitrogen and oxygen atoms in total. The summed E-state index contributed by atoms with van der Waals surface area (Å²) >= 11 is 0. The summed E-state index contributed by atoms with van der Waals surface area (Å²) in [4.78, 5) is 4.24. The lowest BCUT2D eigenvalue weighted by molar-refractivity contribution is 0.588. The van der Waals surface area contributed by atoms with Gasteiger partial charge in [-0.05, 0) is 54.6 Å². The Morgan fingerprint density at radius 3 is 2.28 bits per heavy atom. The number of rotatable bonds is 5. The van der Waals surface area contributed by atoms with Gasteiger partial charge in [0.25, 0.3) is 10.0 Å². The van der Waals surface area contributed by atoms with Gasteiger partial charge in [0, 0.05) is 17.1 Å². The molecule has 0 aliphatic rings. The van der Waals surface area contributed by atoms with E-state index in [9.17, 15) is 17.2 Å².